The van der Waals surface area contributed by atoms with Crippen LogP contribution in [-0.2, 0) is 14.4 Å². The Labute approximate surface area is 136 Å². The lowest BCUT2D eigenvalue weighted by Gasteiger charge is -2.38. The molecule has 3 fully saturated rings. The highest BCUT2D eigenvalue weighted by Crippen LogP contribution is 2.49. The molecule has 0 unspecified atom stereocenters. The standard InChI is InChI=1S/C18H24N2O3/c21-14(19-13-4-2-1-3-5-13)10-20-17(22)15-11-6-7-12(9-8-11)16(15)18(20)23/h6-7,11-13,15-16H,1-5,8-10H2,(H,19,21)/t11-,12-,15-,16-/m0/s1. The predicted molar refractivity (Wildman–Crippen MR) is 84.1 cm³/mol. The van der Waals surface area contributed by atoms with Gasteiger partial charge in [-0.1, -0.05) is 31.4 Å². The largest absolute Gasteiger partial charge is 0.352 e. The molecule has 5 heteroatoms. The Morgan fingerprint density at radius 2 is 1.52 bits per heavy atom. The zero-order chi connectivity index (χ0) is 16.0. The number of hydrogen-bond donors (Lipinski definition) is 1. The van der Waals surface area contributed by atoms with E-state index in [1.807, 2.05) is 0 Å². The number of likely N-dealkylation sites (tertiary alicyclic amines) is 1. The number of fused-ring (bicyclic) bond motifs is 1. The van der Waals surface area contributed by atoms with Gasteiger partial charge in [0, 0.05) is 6.04 Å². The van der Waals surface area contributed by atoms with Crippen LogP contribution in [0.4, 0.5) is 0 Å². The predicted octanol–water partition coefficient (Wildman–Crippen LogP) is 1.63. The van der Waals surface area contributed by atoms with E-state index in [4.69, 9.17) is 0 Å². The molecule has 0 aromatic heterocycles. The number of carbonyl (C=O) groups excluding carboxylic acids is 3. The second-order valence-corrected chi connectivity index (χ2v) is 7.51. The Kier molecular flexibility index (Phi) is 3.74. The number of allylic oxidation sites excluding steroid dienone is 2. The summed E-state index contributed by atoms with van der Waals surface area (Å²) in [5.41, 5.74) is 0. The molecule has 1 N–H and O–H groups in total. The van der Waals surface area contributed by atoms with Crippen LogP contribution in [0.2, 0.25) is 0 Å². The van der Waals surface area contributed by atoms with Crippen molar-refractivity contribution in [3.05, 3.63) is 12.2 Å². The van der Waals surface area contributed by atoms with Crippen molar-refractivity contribution in [2.24, 2.45) is 23.7 Å². The summed E-state index contributed by atoms with van der Waals surface area (Å²) in [6.07, 6.45) is 11.7. The van der Waals surface area contributed by atoms with Gasteiger partial charge < -0.3 is 5.32 Å². The third-order valence-corrected chi connectivity index (χ3v) is 6.12. The Hall–Kier alpha value is -1.65. The molecule has 0 aromatic carbocycles. The molecule has 1 heterocycles. The minimum absolute atomic E-state index is 0.0966. The monoisotopic (exact) mass is 316 g/mol. The molecule has 5 rings (SSSR count). The third kappa shape index (κ3) is 2.50. The van der Waals surface area contributed by atoms with Crippen molar-refractivity contribution in [3.8, 4) is 0 Å². The SMILES string of the molecule is O=C(CN1C(=O)[C@@H]2[C@@H](C1=O)[C@H]1C=C[C@H]2CC1)NC1CCCCC1. The average Bonchev–Trinajstić information content (AvgIpc) is 2.84. The summed E-state index contributed by atoms with van der Waals surface area (Å²) < 4.78 is 0. The minimum Gasteiger partial charge on any atom is -0.352 e. The summed E-state index contributed by atoms with van der Waals surface area (Å²) in [7, 11) is 0. The fraction of sp³-hybridized carbons (Fsp3) is 0.722. The van der Waals surface area contributed by atoms with E-state index < -0.39 is 0 Å². The zero-order valence-corrected chi connectivity index (χ0v) is 13.4. The number of amides is 3. The summed E-state index contributed by atoms with van der Waals surface area (Å²) in [5, 5.41) is 3.01. The van der Waals surface area contributed by atoms with E-state index in [0.29, 0.717) is 0 Å². The highest BCUT2D eigenvalue weighted by Gasteiger charge is 2.56. The van der Waals surface area contributed by atoms with Gasteiger partial charge in [0.1, 0.15) is 6.54 Å². The van der Waals surface area contributed by atoms with Gasteiger partial charge in [-0.3, -0.25) is 19.3 Å². The molecule has 2 saturated carbocycles. The highest BCUT2D eigenvalue weighted by atomic mass is 16.2. The molecule has 23 heavy (non-hydrogen) atoms. The summed E-state index contributed by atoms with van der Waals surface area (Å²) in [4.78, 5) is 38.8. The van der Waals surface area contributed by atoms with Crippen LogP contribution in [0.1, 0.15) is 44.9 Å². The van der Waals surface area contributed by atoms with Gasteiger partial charge in [-0.05, 0) is 37.5 Å². The highest BCUT2D eigenvalue weighted by molar-refractivity contribution is 6.08. The van der Waals surface area contributed by atoms with Gasteiger partial charge in [0.05, 0.1) is 11.8 Å². The average molecular weight is 316 g/mol. The molecular formula is C18H24N2O3. The van der Waals surface area contributed by atoms with Crippen LogP contribution in [0.15, 0.2) is 12.2 Å². The summed E-state index contributed by atoms with van der Waals surface area (Å²) in [6, 6.07) is 0.212. The van der Waals surface area contributed by atoms with Crippen molar-refractivity contribution in [1.29, 1.82) is 0 Å². The molecule has 0 spiro atoms. The minimum atomic E-state index is -0.214. The lowest BCUT2D eigenvalue weighted by atomic mass is 9.63. The van der Waals surface area contributed by atoms with Crippen molar-refractivity contribution in [2.75, 3.05) is 6.54 Å². The van der Waals surface area contributed by atoms with Crippen LogP contribution in [0.3, 0.4) is 0 Å². The van der Waals surface area contributed by atoms with Crippen molar-refractivity contribution >= 4 is 17.7 Å². The molecular weight excluding hydrogens is 292 g/mol. The van der Waals surface area contributed by atoms with E-state index in [2.05, 4.69) is 17.5 Å². The first-order chi connectivity index (χ1) is 11.1. The van der Waals surface area contributed by atoms with Crippen molar-refractivity contribution in [2.45, 2.75) is 51.0 Å². The number of imide groups is 1. The van der Waals surface area contributed by atoms with E-state index in [1.54, 1.807) is 0 Å². The maximum atomic E-state index is 12.7. The Bertz CT molecular complexity index is 533. The first-order valence-corrected chi connectivity index (χ1v) is 8.98. The van der Waals surface area contributed by atoms with Crippen LogP contribution in [-0.4, -0.2) is 35.2 Å². The lowest BCUT2D eigenvalue weighted by Crippen LogP contribution is -2.45. The maximum Gasteiger partial charge on any atom is 0.240 e. The van der Waals surface area contributed by atoms with Crippen molar-refractivity contribution in [3.63, 3.8) is 0 Å². The summed E-state index contributed by atoms with van der Waals surface area (Å²) in [6.45, 7) is -0.0966. The number of nitrogens with one attached hydrogen (secondary N) is 1. The van der Waals surface area contributed by atoms with Crippen molar-refractivity contribution in [1.82, 2.24) is 10.2 Å². The van der Waals surface area contributed by atoms with Gasteiger partial charge in [-0.2, -0.15) is 0 Å². The maximum absolute atomic E-state index is 12.7. The number of carbonyl (C=O) groups is 3. The Morgan fingerprint density at radius 1 is 0.957 bits per heavy atom. The molecule has 2 bridgehead atoms. The van der Waals surface area contributed by atoms with Crippen molar-refractivity contribution < 1.29 is 14.4 Å². The fourth-order valence-electron chi connectivity index (χ4n) is 4.96. The molecule has 4 atom stereocenters. The number of rotatable bonds is 3. The van der Waals surface area contributed by atoms with Gasteiger partial charge in [0.2, 0.25) is 17.7 Å². The normalized spacial score (nSPS) is 36.4. The topological polar surface area (TPSA) is 66.5 Å². The molecule has 0 aromatic rings. The van der Waals surface area contributed by atoms with E-state index in [0.717, 1.165) is 38.5 Å². The van der Waals surface area contributed by atoms with Gasteiger partial charge in [-0.25, -0.2) is 0 Å². The van der Waals surface area contributed by atoms with E-state index >= 15 is 0 Å². The van der Waals surface area contributed by atoms with Crippen LogP contribution >= 0.6 is 0 Å². The summed E-state index contributed by atoms with van der Waals surface area (Å²) >= 11 is 0. The molecule has 3 amide bonds. The second-order valence-electron chi connectivity index (χ2n) is 7.51. The van der Waals surface area contributed by atoms with E-state index in [9.17, 15) is 14.4 Å². The molecule has 1 saturated heterocycles. The van der Waals surface area contributed by atoms with E-state index in [1.165, 1.54) is 11.3 Å². The molecule has 4 aliphatic carbocycles. The first-order valence-electron chi connectivity index (χ1n) is 8.98. The smallest absolute Gasteiger partial charge is 0.240 e. The first kappa shape index (κ1) is 14.9. The van der Waals surface area contributed by atoms with Gasteiger partial charge >= 0.3 is 0 Å². The van der Waals surface area contributed by atoms with Crippen LogP contribution in [0.25, 0.3) is 0 Å². The molecule has 5 nitrogen and oxygen atoms in total. The van der Waals surface area contributed by atoms with Crippen LogP contribution in [0, 0.1) is 23.7 Å². The van der Waals surface area contributed by atoms with Gasteiger partial charge in [-0.15, -0.1) is 0 Å². The molecule has 124 valence electrons. The van der Waals surface area contributed by atoms with E-state index in [-0.39, 0.29) is 54.0 Å². The molecule has 1 aliphatic heterocycles. The molecule has 5 aliphatic rings. The number of nitrogens with zero attached hydrogens (tertiary/aromatic N) is 1. The van der Waals surface area contributed by atoms with Crippen LogP contribution < -0.4 is 5.32 Å². The van der Waals surface area contributed by atoms with Gasteiger partial charge in [0.15, 0.2) is 0 Å². The Balaban J connectivity index is 1.42. The zero-order valence-electron chi connectivity index (χ0n) is 13.4. The molecule has 0 radical (unpaired) electrons. The van der Waals surface area contributed by atoms with Gasteiger partial charge in [0.25, 0.3) is 0 Å². The quantitative estimate of drug-likeness (QED) is 0.636. The lowest BCUT2D eigenvalue weighted by molar-refractivity contribution is -0.144. The third-order valence-electron chi connectivity index (χ3n) is 6.12. The Morgan fingerprint density at radius 3 is 2.04 bits per heavy atom. The fourth-order valence-corrected chi connectivity index (χ4v) is 4.96. The number of hydrogen-bond acceptors (Lipinski definition) is 3. The van der Waals surface area contributed by atoms with Crippen LogP contribution in [0.5, 0.6) is 0 Å². The summed E-state index contributed by atoms with van der Waals surface area (Å²) in [5.74, 6) is -0.489. The second kappa shape index (κ2) is 5.77.